The van der Waals surface area contributed by atoms with E-state index in [1.54, 1.807) is 12.3 Å². The molecule has 12 heteroatoms. The smallest absolute Gasteiger partial charge is 0.367 e. The first-order valence-electron chi connectivity index (χ1n) is 15.0. The largest absolute Gasteiger partial charge is 0.416 e. The number of hydrogen-bond donors (Lipinski definition) is 4. The normalized spacial score (nSPS) is 16.1. The third-order valence-electron chi connectivity index (χ3n) is 8.20. The number of nitrogens with zero attached hydrogens (tertiary/aromatic N) is 4. The monoisotopic (exact) mass is 616 g/mol. The van der Waals surface area contributed by atoms with E-state index in [4.69, 9.17) is 0 Å². The molecule has 2 aliphatic heterocycles. The van der Waals surface area contributed by atoms with Gasteiger partial charge in [0.2, 0.25) is 5.91 Å². The minimum atomic E-state index is -4.46. The second-order valence-electron chi connectivity index (χ2n) is 11.6. The van der Waals surface area contributed by atoms with E-state index >= 15 is 0 Å². The maximum absolute atomic E-state index is 13.1. The van der Waals surface area contributed by atoms with E-state index in [0.29, 0.717) is 36.9 Å². The lowest BCUT2D eigenvalue weighted by atomic mass is 9.98. The van der Waals surface area contributed by atoms with Crippen molar-refractivity contribution >= 4 is 23.4 Å². The summed E-state index contributed by atoms with van der Waals surface area (Å²) in [4.78, 5) is 28.1. The molecule has 0 saturated carbocycles. The van der Waals surface area contributed by atoms with Crippen LogP contribution in [0.3, 0.4) is 0 Å². The number of amides is 1. The van der Waals surface area contributed by atoms with Crippen molar-refractivity contribution in [3.63, 3.8) is 0 Å². The van der Waals surface area contributed by atoms with Crippen LogP contribution in [-0.4, -0.2) is 58.0 Å². The van der Waals surface area contributed by atoms with E-state index in [0.717, 1.165) is 66.8 Å². The maximum Gasteiger partial charge on any atom is 0.416 e. The van der Waals surface area contributed by atoms with Crippen LogP contribution >= 0.6 is 0 Å². The number of halogens is 3. The number of aryl methyl sites for hydroxylation is 1. The lowest BCUT2D eigenvalue weighted by molar-refractivity contribution is -0.137. The number of carbonyl (C=O) groups is 1. The van der Waals surface area contributed by atoms with E-state index < -0.39 is 11.7 Å². The number of hydrazine groups is 1. The number of anilines is 3. The molecule has 1 amide bonds. The van der Waals surface area contributed by atoms with Crippen molar-refractivity contribution < 1.29 is 18.0 Å². The Morgan fingerprint density at radius 1 is 0.933 bits per heavy atom. The number of piperidine rings is 1. The van der Waals surface area contributed by atoms with Gasteiger partial charge in [-0.2, -0.15) is 13.2 Å². The van der Waals surface area contributed by atoms with Crippen molar-refractivity contribution in [2.75, 3.05) is 36.8 Å². The minimum Gasteiger partial charge on any atom is -0.367 e. The standard InChI is InChI=1S/C33H35F3N8O/c1-21-14-28(42-31(15-21)43-30-17-26(8-11-37-30)33(34,35)36)24-6-7-29(38-18-24)41-27-9-12-44(13-10-27)32(45)16-22-2-4-23(5-3-22)25-19-39-40-20-25/h2-8,11,14-15,17-18,25,27,39-40H,9-10,12-13,16,19-20H2,1H3,(H,38,41)(H,37,42,43). The van der Waals surface area contributed by atoms with E-state index in [9.17, 15) is 18.0 Å². The van der Waals surface area contributed by atoms with Crippen LogP contribution in [0.1, 0.15) is 41.0 Å². The molecular formula is C33H35F3N8O. The Bertz CT molecular complexity index is 1610. The van der Waals surface area contributed by atoms with Crippen molar-refractivity contribution in [3.05, 3.63) is 95.3 Å². The van der Waals surface area contributed by atoms with E-state index in [2.05, 4.69) is 60.7 Å². The second-order valence-corrected chi connectivity index (χ2v) is 11.6. The van der Waals surface area contributed by atoms with Crippen molar-refractivity contribution in [1.82, 2.24) is 30.7 Å². The molecule has 1 aromatic carbocycles. The van der Waals surface area contributed by atoms with Crippen molar-refractivity contribution in [2.45, 2.75) is 44.3 Å². The fourth-order valence-corrected chi connectivity index (χ4v) is 5.69. The highest BCUT2D eigenvalue weighted by Crippen LogP contribution is 2.31. The number of alkyl halides is 3. The molecule has 4 aromatic rings. The van der Waals surface area contributed by atoms with Gasteiger partial charge in [-0.3, -0.25) is 15.6 Å². The van der Waals surface area contributed by atoms with Gasteiger partial charge in [-0.1, -0.05) is 24.3 Å². The summed E-state index contributed by atoms with van der Waals surface area (Å²) in [6, 6.07) is 17.9. The minimum absolute atomic E-state index is 0.0587. The van der Waals surface area contributed by atoms with Gasteiger partial charge in [-0.05, 0) is 72.9 Å². The zero-order valence-corrected chi connectivity index (χ0v) is 24.9. The summed E-state index contributed by atoms with van der Waals surface area (Å²) in [6.45, 7) is 5.10. The average Bonchev–Trinajstić information content (AvgIpc) is 3.57. The number of carbonyl (C=O) groups excluding carboxylic acids is 1. The van der Waals surface area contributed by atoms with Crippen LogP contribution in [0.25, 0.3) is 11.3 Å². The molecule has 0 bridgehead atoms. The van der Waals surface area contributed by atoms with Crippen LogP contribution in [0.4, 0.5) is 30.6 Å². The Kier molecular flexibility index (Phi) is 8.95. The van der Waals surface area contributed by atoms with Crippen LogP contribution in [0, 0.1) is 6.92 Å². The molecule has 2 aliphatic rings. The molecule has 0 atom stereocenters. The van der Waals surface area contributed by atoms with Gasteiger partial charge in [0.1, 0.15) is 17.5 Å². The summed E-state index contributed by atoms with van der Waals surface area (Å²) in [5.74, 6) is 1.78. The SMILES string of the molecule is Cc1cc(Nc2cc(C(F)(F)F)ccn2)nc(-c2ccc(NC3CCN(C(=O)Cc4ccc(C5CNNC5)cc4)CC3)nc2)c1. The summed E-state index contributed by atoms with van der Waals surface area (Å²) >= 11 is 0. The van der Waals surface area contributed by atoms with Gasteiger partial charge < -0.3 is 15.5 Å². The highest BCUT2D eigenvalue weighted by molar-refractivity contribution is 5.79. The first-order chi connectivity index (χ1) is 21.7. The third-order valence-corrected chi connectivity index (χ3v) is 8.20. The third kappa shape index (κ3) is 7.76. The summed E-state index contributed by atoms with van der Waals surface area (Å²) in [7, 11) is 0. The zero-order chi connectivity index (χ0) is 31.4. The van der Waals surface area contributed by atoms with Crippen LogP contribution in [0.5, 0.6) is 0 Å². The number of benzene rings is 1. The molecule has 9 nitrogen and oxygen atoms in total. The van der Waals surface area contributed by atoms with Gasteiger partial charge in [0, 0.05) is 56.1 Å². The topological polar surface area (TPSA) is 107 Å². The fraction of sp³-hybridized carbons (Fsp3) is 0.333. The van der Waals surface area contributed by atoms with Gasteiger partial charge in [0.05, 0.1) is 17.7 Å². The Morgan fingerprint density at radius 3 is 2.38 bits per heavy atom. The molecule has 5 heterocycles. The number of hydrogen-bond acceptors (Lipinski definition) is 8. The van der Waals surface area contributed by atoms with Gasteiger partial charge in [-0.15, -0.1) is 0 Å². The molecule has 45 heavy (non-hydrogen) atoms. The molecular weight excluding hydrogens is 581 g/mol. The molecule has 2 saturated heterocycles. The number of nitrogens with one attached hydrogen (secondary N) is 4. The maximum atomic E-state index is 13.1. The molecule has 0 unspecified atom stereocenters. The fourth-order valence-electron chi connectivity index (χ4n) is 5.69. The molecule has 234 valence electrons. The lowest BCUT2D eigenvalue weighted by Crippen LogP contribution is -2.43. The van der Waals surface area contributed by atoms with Crippen LogP contribution in [0.2, 0.25) is 0 Å². The van der Waals surface area contributed by atoms with Crippen molar-refractivity contribution in [3.8, 4) is 11.3 Å². The molecule has 3 aromatic heterocycles. The Hall–Kier alpha value is -4.55. The van der Waals surface area contributed by atoms with Crippen LogP contribution in [0.15, 0.2) is 73.1 Å². The zero-order valence-electron chi connectivity index (χ0n) is 24.9. The molecule has 0 spiro atoms. The first-order valence-corrected chi connectivity index (χ1v) is 15.0. The molecule has 0 aliphatic carbocycles. The molecule has 0 radical (unpaired) electrons. The predicted molar refractivity (Wildman–Crippen MR) is 167 cm³/mol. The Balaban J connectivity index is 1.01. The van der Waals surface area contributed by atoms with Gasteiger partial charge >= 0.3 is 6.18 Å². The second kappa shape index (κ2) is 13.2. The first kappa shape index (κ1) is 30.5. The number of rotatable bonds is 8. The van der Waals surface area contributed by atoms with Gasteiger partial charge in [-0.25, -0.2) is 15.0 Å². The summed E-state index contributed by atoms with van der Waals surface area (Å²) < 4.78 is 39.3. The van der Waals surface area contributed by atoms with E-state index in [1.807, 2.05) is 30.0 Å². The number of pyridine rings is 3. The molecule has 4 N–H and O–H groups in total. The van der Waals surface area contributed by atoms with Crippen LogP contribution < -0.4 is 21.5 Å². The molecule has 6 rings (SSSR count). The lowest BCUT2D eigenvalue weighted by Gasteiger charge is -2.32. The Morgan fingerprint density at radius 2 is 1.69 bits per heavy atom. The van der Waals surface area contributed by atoms with E-state index in [1.165, 1.54) is 5.56 Å². The average molecular weight is 617 g/mol. The van der Waals surface area contributed by atoms with Gasteiger partial charge in [0.25, 0.3) is 0 Å². The van der Waals surface area contributed by atoms with Crippen LogP contribution in [-0.2, 0) is 17.4 Å². The highest BCUT2D eigenvalue weighted by Gasteiger charge is 2.31. The number of aromatic nitrogens is 3. The predicted octanol–water partition coefficient (Wildman–Crippen LogP) is 5.45. The number of likely N-dealkylation sites (tertiary alicyclic amines) is 1. The summed E-state index contributed by atoms with van der Waals surface area (Å²) in [5, 5.41) is 6.37. The summed E-state index contributed by atoms with van der Waals surface area (Å²) in [5.41, 5.74) is 10.1. The van der Waals surface area contributed by atoms with Gasteiger partial charge in [0.15, 0.2) is 0 Å². The Labute approximate surface area is 259 Å². The van der Waals surface area contributed by atoms with Crippen molar-refractivity contribution in [1.29, 1.82) is 0 Å². The summed E-state index contributed by atoms with van der Waals surface area (Å²) in [6.07, 6.45) is 0.440. The highest BCUT2D eigenvalue weighted by atomic mass is 19.4. The quantitative estimate of drug-likeness (QED) is 0.207. The van der Waals surface area contributed by atoms with Crippen molar-refractivity contribution in [2.24, 2.45) is 0 Å². The van der Waals surface area contributed by atoms with E-state index in [-0.39, 0.29) is 17.8 Å². The molecule has 2 fully saturated rings.